The summed E-state index contributed by atoms with van der Waals surface area (Å²) in [5.41, 5.74) is -0.613. The molecule has 3 heterocycles. The van der Waals surface area contributed by atoms with Crippen molar-refractivity contribution < 1.29 is 23.3 Å². The molecule has 2 aromatic carbocycles. The molecule has 10 heteroatoms. The summed E-state index contributed by atoms with van der Waals surface area (Å²) in [4.78, 5) is 45.0. The van der Waals surface area contributed by atoms with Gasteiger partial charge in [-0.15, -0.1) is 0 Å². The van der Waals surface area contributed by atoms with E-state index in [1.807, 2.05) is 0 Å². The Morgan fingerprint density at radius 3 is 2.55 bits per heavy atom. The first-order chi connectivity index (χ1) is 14.8. The number of nitrogens with zero attached hydrogens (tertiary/aromatic N) is 4. The van der Waals surface area contributed by atoms with Gasteiger partial charge in [0.15, 0.2) is 5.41 Å². The van der Waals surface area contributed by atoms with Crippen LogP contribution in [0.25, 0.3) is 11.4 Å². The van der Waals surface area contributed by atoms with Crippen LogP contribution in [0.3, 0.4) is 0 Å². The number of fused-ring (bicyclic) bond motifs is 2. The van der Waals surface area contributed by atoms with Gasteiger partial charge >= 0.3 is 0 Å². The summed E-state index contributed by atoms with van der Waals surface area (Å²) in [5, 5.41) is 4.49. The number of halogens is 2. The molecule has 0 N–H and O–H groups in total. The number of hydrogen-bond donors (Lipinski definition) is 0. The molecule has 2 aliphatic heterocycles. The van der Waals surface area contributed by atoms with E-state index >= 15 is 0 Å². The lowest BCUT2D eigenvalue weighted by molar-refractivity contribution is -0.140. The Morgan fingerprint density at radius 1 is 1.13 bits per heavy atom. The summed E-state index contributed by atoms with van der Waals surface area (Å²) in [7, 11) is 1.31. The molecule has 8 nitrogen and oxygen atoms in total. The molecule has 0 aliphatic carbocycles. The molecule has 1 spiro atoms. The lowest BCUT2D eigenvalue weighted by Crippen LogP contribution is -2.45. The van der Waals surface area contributed by atoms with Crippen molar-refractivity contribution in [3.05, 3.63) is 64.8 Å². The first kappa shape index (κ1) is 19.4. The van der Waals surface area contributed by atoms with Gasteiger partial charge in [-0.2, -0.15) is 4.98 Å². The Hall–Kier alpha value is -3.59. The lowest BCUT2D eigenvalue weighted by Gasteiger charge is -2.20. The molecule has 1 aromatic heterocycles. The number of imide groups is 1. The number of likely N-dealkylation sites (N-methyl/N-ethyl adjacent to an activating group) is 1. The first-order valence-electron chi connectivity index (χ1n) is 9.33. The van der Waals surface area contributed by atoms with Crippen LogP contribution in [0.5, 0.6) is 0 Å². The minimum atomic E-state index is -1.78. The Labute approximate surface area is 180 Å². The standard InChI is InChI=1S/C21H14ClFN4O4/c1-26-17(28)9-21(19(26)29)14-8-13(23)6-7-15(14)27(20(21)30)10-16-24-18(25-31-16)11-2-4-12(22)5-3-11/h2-8H,9-10H2,1H3. The lowest BCUT2D eigenvalue weighted by atomic mass is 9.80. The molecule has 31 heavy (non-hydrogen) atoms. The average molecular weight is 441 g/mol. The van der Waals surface area contributed by atoms with E-state index in [1.54, 1.807) is 24.3 Å². The number of hydrogen-bond acceptors (Lipinski definition) is 6. The molecule has 0 radical (unpaired) electrons. The molecule has 3 aromatic rings. The summed E-state index contributed by atoms with van der Waals surface area (Å²) >= 11 is 5.89. The summed E-state index contributed by atoms with van der Waals surface area (Å²) in [6, 6.07) is 10.5. The number of rotatable bonds is 3. The van der Waals surface area contributed by atoms with Crippen LogP contribution in [0, 0.1) is 5.82 Å². The number of benzene rings is 2. The molecule has 2 aliphatic rings. The maximum absolute atomic E-state index is 14.0. The molecule has 1 fully saturated rings. The molecule has 1 unspecified atom stereocenters. The van der Waals surface area contributed by atoms with Crippen LogP contribution in [0.2, 0.25) is 5.02 Å². The number of aromatic nitrogens is 2. The first-order valence-corrected chi connectivity index (χ1v) is 9.70. The van der Waals surface area contributed by atoms with Crippen LogP contribution in [0.15, 0.2) is 47.0 Å². The summed E-state index contributed by atoms with van der Waals surface area (Å²) in [6.07, 6.45) is -0.353. The van der Waals surface area contributed by atoms with Gasteiger partial charge in [-0.3, -0.25) is 19.3 Å². The van der Waals surface area contributed by atoms with Gasteiger partial charge in [-0.1, -0.05) is 16.8 Å². The third-order valence-electron chi connectivity index (χ3n) is 5.64. The van der Waals surface area contributed by atoms with Crippen molar-refractivity contribution in [3.8, 4) is 11.4 Å². The Kier molecular flexibility index (Phi) is 4.19. The third-order valence-corrected chi connectivity index (χ3v) is 5.90. The van der Waals surface area contributed by atoms with Gasteiger partial charge < -0.3 is 9.42 Å². The molecule has 5 rings (SSSR count). The van der Waals surface area contributed by atoms with Gasteiger partial charge in [0, 0.05) is 28.9 Å². The van der Waals surface area contributed by atoms with Crippen molar-refractivity contribution in [2.45, 2.75) is 18.4 Å². The van der Waals surface area contributed by atoms with Gasteiger partial charge in [-0.25, -0.2) is 4.39 Å². The number of likely N-dealkylation sites (tertiary alicyclic amines) is 1. The van der Waals surface area contributed by atoms with Gasteiger partial charge in [0.2, 0.25) is 29.4 Å². The molecular weight excluding hydrogens is 427 g/mol. The fourth-order valence-electron chi connectivity index (χ4n) is 4.07. The molecule has 0 bridgehead atoms. The van der Waals surface area contributed by atoms with Crippen molar-refractivity contribution in [1.29, 1.82) is 0 Å². The van der Waals surface area contributed by atoms with Crippen molar-refractivity contribution in [2.24, 2.45) is 0 Å². The van der Waals surface area contributed by atoms with Gasteiger partial charge in [-0.05, 0) is 42.5 Å². The largest absolute Gasteiger partial charge is 0.337 e. The van der Waals surface area contributed by atoms with Crippen LogP contribution in [-0.4, -0.2) is 39.8 Å². The summed E-state index contributed by atoms with van der Waals surface area (Å²) in [5.74, 6) is -1.98. The van der Waals surface area contributed by atoms with Crippen LogP contribution >= 0.6 is 11.6 Å². The number of anilines is 1. The maximum Gasteiger partial charge on any atom is 0.249 e. The van der Waals surface area contributed by atoms with Crippen molar-refractivity contribution in [1.82, 2.24) is 15.0 Å². The maximum atomic E-state index is 14.0. The highest BCUT2D eigenvalue weighted by molar-refractivity contribution is 6.30. The van der Waals surface area contributed by atoms with Crippen molar-refractivity contribution in [3.63, 3.8) is 0 Å². The molecule has 156 valence electrons. The highest BCUT2D eigenvalue weighted by Gasteiger charge is 2.63. The van der Waals surface area contributed by atoms with E-state index in [9.17, 15) is 18.8 Å². The highest BCUT2D eigenvalue weighted by atomic mass is 35.5. The molecule has 1 atom stereocenters. The summed E-state index contributed by atoms with van der Waals surface area (Å²) < 4.78 is 19.3. The van der Waals surface area contributed by atoms with E-state index in [1.165, 1.54) is 24.1 Å². The quantitative estimate of drug-likeness (QED) is 0.459. The van der Waals surface area contributed by atoms with Crippen molar-refractivity contribution in [2.75, 3.05) is 11.9 Å². The van der Waals surface area contributed by atoms with E-state index < -0.39 is 29.0 Å². The predicted octanol–water partition coefficient (Wildman–Crippen LogP) is 2.70. The van der Waals surface area contributed by atoms with Gasteiger partial charge in [0.25, 0.3) is 0 Å². The number of amides is 3. The van der Waals surface area contributed by atoms with Crippen LogP contribution in [0.1, 0.15) is 17.9 Å². The number of carbonyl (C=O) groups is 3. The third kappa shape index (κ3) is 2.77. The average Bonchev–Trinajstić information content (AvgIpc) is 3.37. The molecule has 0 saturated carbocycles. The fourth-order valence-corrected chi connectivity index (χ4v) is 4.19. The zero-order valence-corrected chi connectivity index (χ0v) is 16.9. The Bertz CT molecular complexity index is 1260. The second-order valence-corrected chi connectivity index (χ2v) is 7.85. The summed E-state index contributed by atoms with van der Waals surface area (Å²) in [6.45, 7) is -0.134. The monoisotopic (exact) mass is 440 g/mol. The van der Waals surface area contributed by atoms with E-state index in [0.717, 1.165) is 11.0 Å². The van der Waals surface area contributed by atoms with Crippen LogP contribution < -0.4 is 4.90 Å². The second-order valence-electron chi connectivity index (χ2n) is 7.41. The molecule has 1 saturated heterocycles. The highest BCUT2D eigenvalue weighted by Crippen LogP contribution is 2.48. The van der Waals surface area contributed by atoms with Gasteiger partial charge in [0.1, 0.15) is 12.4 Å². The van der Waals surface area contributed by atoms with E-state index in [4.69, 9.17) is 16.1 Å². The van der Waals surface area contributed by atoms with E-state index in [0.29, 0.717) is 22.1 Å². The van der Waals surface area contributed by atoms with Crippen LogP contribution in [0.4, 0.5) is 10.1 Å². The van der Waals surface area contributed by atoms with E-state index in [2.05, 4.69) is 10.1 Å². The minimum Gasteiger partial charge on any atom is -0.337 e. The van der Waals surface area contributed by atoms with Crippen molar-refractivity contribution >= 4 is 35.0 Å². The zero-order valence-electron chi connectivity index (χ0n) is 16.1. The smallest absolute Gasteiger partial charge is 0.249 e. The molecular formula is C21H14ClFN4O4. The predicted molar refractivity (Wildman–Crippen MR) is 106 cm³/mol. The van der Waals surface area contributed by atoms with Gasteiger partial charge in [0.05, 0.1) is 6.42 Å². The second kappa shape index (κ2) is 6.71. The SMILES string of the molecule is CN1C(=O)CC2(C1=O)C(=O)N(Cc1nc(-c3ccc(Cl)cc3)no1)c1ccc(F)cc12. The topological polar surface area (TPSA) is 96.6 Å². The zero-order chi connectivity index (χ0) is 21.9. The van der Waals surface area contributed by atoms with E-state index in [-0.39, 0.29) is 24.4 Å². The minimum absolute atomic E-state index is 0.121. The normalized spacial score (nSPS) is 20.3. The fraction of sp³-hybridized carbons (Fsp3) is 0.190. The number of carbonyl (C=O) groups excluding carboxylic acids is 3. The Balaban J connectivity index is 1.53. The Morgan fingerprint density at radius 2 is 1.87 bits per heavy atom. The van der Waals surface area contributed by atoms with Crippen LogP contribution in [-0.2, 0) is 26.3 Å². The molecule has 3 amide bonds.